The Balaban J connectivity index is 1.72. The molecule has 5 nitrogen and oxygen atoms in total. The molecule has 1 aliphatic heterocycles. The van der Waals surface area contributed by atoms with E-state index in [-0.39, 0.29) is 17.5 Å². The van der Waals surface area contributed by atoms with Gasteiger partial charge >= 0.3 is 12.2 Å². The maximum atomic E-state index is 13.3. The first-order chi connectivity index (χ1) is 14.6. The van der Waals surface area contributed by atoms with Crippen LogP contribution in [0.3, 0.4) is 0 Å². The van der Waals surface area contributed by atoms with E-state index in [9.17, 15) is 22.8 Å². The molecule has 1 aliphatic rings. The molecule has 1 N–H and O–H groups in total. The Hall–Kier alpha value is -2.45. The zero-order valence-electron chi connectivity index (χ0n) is 16.5. The van der Waals surface area contributed by atoms with Crippen molar-refractivity contribution in [3.63, 3.8) is 0 Å². The van der Waals surface area contributed by atoms with Gasteiger partial charge in [-0.3, -0.25) is 4.79 Å². The number of nitrogens with one attached hydrogen (secondary N) is 1. The van der Waals surface area contributed by atoms with Crippen molar-refractivity contribution in [3.05, 3.63) is 63.6 Å². The summed E-state index contributed by atoms with van der Waals surface area (Å²) in [6, 6.07) is 8.63. The van der Waals surface area contributed by atoms with Crippen LogP contribution < -0.4 is 5.32 Å². The number of urea groups is 1. The fourth-order valence-electron chi connectivity index (χ4n) is 3.51. The smallest absolute Gasteiger partial charge is 0.340 e. The molecule has 0 spiro atoms. The predicted molar refractivity (Wildman–Crippen MR) is 113 cm³/mol. The third kappa shape index (κ3) is 5.62. The third-order valence-electron chi connectivity index (χ3n) is 5.04. The van der Waals surface area contributed by atoms with Gasteiger partial charge in [-0.1, -0.05) is 35.3 Å². The third-order valence-corrected chi connectivity index (χ3v) is 5.52. The van der Waals surface area contributed by atoms with Gasteiger partial charge in [0.05, 0.1) is 11.3 Å². The van der Waals surface area contributed by atoms with Gasteiger partial charge in [-0.2, -0.15) is 13.2 Å². The van der Waals surface area contributed by atoms with Crippen molar-refractivity contribution in [1.29, 1.82) is 0 Å². The lowest BCUT2D eigenvalue weighted by Gasteiger charge is -2.28. The van der Waals surface area contributed by atoms with Crippen molar-refractivity contribution in [2.75, 3.05) is 18.9 Å². The number of benzene rings is 2. The lowest BCUT2D eigenvalue weighted by Crippen LogP contribution is -2.47. The quantitative estimate of drug-likeness (QED) is 0.621. The standard InChI is InChI=1S/C21H20Cl2F3N3O2/c1-28(12-13-4-6-14(22)7-5-13)19(30)18-3-2-10-29(18)20(31)27-17-9-8-15(23)11-16(17)21(24,25)26/h4-9,11,18H,2-3,10,12H2,1H3,(H,27,31)/t18-/m1/s1. The summed E-state index contributed by atoms with van der Waals surface area (Å²) in [5.74, 6) is -0.283. The van der Waals surface area contributed by atoms with Crippen LogP contribution in [0.4, 0.5) is 23.7 Å². The summed E-state index contributed by atoms with van der Waals surface area (Å²) in [7, 11) is 1.62. The molecular weight excluding hydrogens is 454 g/mol. The van der Waals surface area contributed by atoms with Crippen LogP contribution in [0.5, 0.6) is 0 Å². The highest BCUT2D eigenvalue weighted by Crippen LogP contribution is 2.37. The van der Waals surface area contributed by atoms with Crippen LogP contribution in [-0.4, -0.2) is 41.4 Å². The van der Waals surface area contributed by atoms with Crippen LogP contribution in [0.15, 0.2) is 42.5 Å². The van der Waals surface area contributed by atoms with Gasteiger partial charge in [-0.05, 0) is 48.7 Å². The highest BCUT2D eigenvalue weighted by Gasteiger charge is 2.38. The lowest BCUT2D eigenvalue weighted by molar-refractivity contribution is -0.137. The zero-order chi connectivity index (χ0) is 22.8. The first-order valence-corrected chi connectivity index (χ1v) is 10.3. The monoisotopic (exact) mass is 473 g/mol. The molecular formula is C21H20Cl2F3N3O2. The van der Waals surface area contributed by atoms with Crippen LogP contribution in [0.25, 0.3) is 0 Å². The Morgan fingerprint density at radius 2 is 1.77 bits per heavy atom. The minimum absolute atomic E-state index is 0.0941. The molecule has 0 unspecified atom stereocenters. The fourth-order valence-corrected chi connectivity index (χ4v) is 3.81. The van der Waals surface area contributed by atoms with Gasteiger partial charge in [-0.25, -0.2) is 4.79 Å². The summed E-state index contributed by atoms with van der Waals surface area (Å²) in [6.07, 6.45) is -3.68. The number of carbonyl (C=O) groups is 2. The average Bonchev–Trinajstić information content (AvgIpc) is 3.19. The predicted octanol–water partition coefficient (Wildman–Crippen LogP) is 5.67. The zero-order valence-corrected chi connectivity index (χ0v) is 18.1. The maximum Gasteiger partial charge on any atom is 0.418 e. The molecule has 1 saturated heterocycles. The SMILES string of the molecule is CN(Cc1ccc(Cl)cc1)C(=O)[C@H]1CCCN1C(=O)Nc1ccc(Cl)cc1C(F)(F)F. The number of carbonyl (C=O) groups excluding carboxylic acids is 2. The molecule has 1 heterocycles. The van der Waals surface area contributed by atoms with Crippen molar-refractivity contribution in [2.24, 2.45) is 0 Å². The summed E-state index contributed by atoms with van der Waals surface area (Å²) >= 11 is 11.6. The summed E-state index contributed by atoms with van der Waals surface area (Å²) in [5, 5.41) is 2.78. The van der Waals surface area contributed by atoms with E-state index in [0.29, 0.717) is 24.4 Å². The van der Waals surface area contributed by atoms with Crippen molar-refractivity contribution in [1.82, 2.24) is 9.80 Å². The molecule has 1 fully saturated rings. The molecule has 1 atom stereocenters. The first-order valence-electron chi connectivity index (χ1n) is 9.50. The number of hydrogen-bond donors (Lipinski definition) is 1. The number of likely N-dealkylation sites (N-methyl/N-ethyl adjacent to an activating group) is 1. The van der Waals surface area contributed by atoms with Crippen LogP contribution in [0.1, 0.15) is 24.0 Å². The number of alkyl halides is 3. The Kier molecular flexibility index (Phi) is 7.01. The molecule has 166 valence electrons. The molecule has 0 aromatic heterocycles. The number of nitrogens with zero attached hydrogens (tertiary/aromatic N) is 2. The van der Waals surface area contributed by atoms with Crippen LogP contribution in [0.2, 0.25) is 10.0 Å². The number of halogens is 5. The molecule has 10 heteroatoms. The fraction of sp³-hybridized carbons (Fsp3) is 0.333. The van der Waals surface area contributed by atoms with E-state index in [2.05, 4.69) is 5.32 Å². The minimum atomic E-state index is -4.69. The summed E-state index contributed by atoms with van der Waals surface area (Å²) in [6.45, 7) is 0.587. The second kappa shape index (κ2) is 9.36. The van der Waals surface area contributed by atoms with Crippen LogP contribution in [-0.2, 0) is 17.5 Å². The van der Waals surface area contributed by atoms with E-state index in [4.69, 9.17) is 23.2 Å². The van der Waals surface area contributed by atoms with Gasteiger partial charge in [0, 0.05) is 30.2 Å². The number of rotatable bonds is 4. The summed E-state index contributed by atoms with van der Waals surface area (Å²) in [4.78, 5) is 28.4. The second-order valence-corrected chi connectivity index (χ2v) is 8.16. The first kappa shape index (κ1) is 23.2. The van der Waals surface area contributed by atoms with Crippen LogP contribution in [0, 0.1) is 0 Å². The highest BCUT2D eigenvalue weighted by atomic mass is 35.5. The van der Waals surface area contributed by atoms with E-state index >= 15 is 0 Å². The minimum Gasteiger partial charge on any atom is -0.340 e. The molecule has 3 amide bonds. The summed E-state index contributed by atoms with van der Waals surface area (Å²) < 4.78 is 39.9. The normalized spacial score (nSPS) is 16.3. The number of hydrogen-bond acceptors (Lipinski definition) is 2. The molecule has 0 saturated carbocycles. The molecule has 2 aromatic carbocycles. The maximum absolute atomic E-state index is 13.3. The van der Waals surface area contributed by atoms with Gasteiger partial charge in [0.2, 0.25) is 5.91 Å². The average molecular weight is 474 g/mol. The Bertz CT molecular complexity index is 967. The molecule has 3 rings (SSSR count). The topological polar surface area (TPSA) is 52.7 Å². The van der Waals surface area contributed by atoms with Gasteiger partial charge in [0.15, 0.2) is 0 Å². The summed E-state index contributed by atoms with van der Waals surface area (Å²) in [5.41, 5.74) is -0.588. The number of anilines is 1. The van der Waals surface area contributed by atoms with Crippen molar-refractivity contribution < 1.29 is 22.8 Å². The van der Waals surface area contributed by atoms with Gasteiger partial charge in [0.25, 0.3) is 0 Å². The van der Waals surface area contributed by atoms with E-state index in [0.717, 1.165) is 17.7 Å². The molecule has 2 aromatic rings. The molecule has 0 radical (unpaired) electrons. The molecule has 0 bridgehead atoms. The Morgan fingerprint density at radius 3 is 2.42 bits per heavy atom. The highest BCUT2D eigenvalue weighted by molar-refractivity contribution is 6.31. The molecule has 31 heavy (non-hydrogen) atoms. The van der Waals surface area contributed by atoms with Crippen LogP contribution >= 0.6 is 23.2 Å². The van der Waals surface area contributed by atoms with E-state index in [1.54, 1.807) is 31.3 Å². The van der Waals surface area contributed by atoms with Gasteiger partial charge in [-0.15, -0.1) is 0 Å². The van der Waals surface area contributed by atoms with E-state index < -0.39 is 29.5 Å². The van der Waals surface area contributed by atoms with E-state index in [1.165, 1.54) is 15.9 Å². The van der Waals surface area contributed by atoms with Gasteiger partial charge < -0.3 is 15.1 Å². The number of likely N-dealkylation sites (tertiary alicyclic amines) is 1. The van der Waals surface area contributed by atoms with Crippen molar-refractivity contribution in [3.8, 4) is 0 Å². The van der Waals surface area contributed by atoms with Crippen molar-refractivity contribution >= 4 is 40.8 Å². The number of amides is 3. The van der Waals surface area contributed by atoms with Crippen molar-refractivity contribution in [2.45, 2.75) is 31.6 Å². The molecule has 0 aliphatic carbocycles. The Morgan fingerprint density at radius 1 is 1.13 bits per heavy atom. The lowest BCUT2D eigenvalue weighted by atomic mass is 10.1. The second-order valence-electron chi connectivity index (χ2n) is 7.29. The van der Waals surface area contributed by atoms with Gasteiger partial charge in [0.1, 0.15) is 6.04 Å². The Labute approximate surface area is 187 Å². The largest absolute Gasteiger partial charge is 0.418 e. The van der Waals surface area contributed by atoms with E-state index in [1.807, 2.05) is 0 Å².